The molecule has 1 aliphatic heterocycles. The van der Waals surface area contributed by atoms with E-state index in [1.165, 1.54) is 16.7 Å². The van der Waals surface area contributed by atoms with Crippen molar-refractivity contribution in [1.29, 1.82) is 0 Å². The molecule has 5 rings (SSSR count). The van der Waals surface area contributed by atoms with E-state index in [9.17, 15) is 0 Å². The van der Waals surface area contributed by atoms with Crippen LogP contribution in [0.4, 0.5) is 0 Å². The number of allylic oxidation sites excluding steroid dienone is 2. The number of ether oxygens (including phenoxy) is 3. The zero-order valence-electron chi connectivity index (χ0n) is 13.0. The van der Waals surface area contributed by atoms with Crippen LogP contribution in [-0.4, -0.2) is 33.4 Å². The molecular weight excluding hydrogens is 278 g/mol. The van der Waals surface area contributed by atoms with Gasteiger partial charge in [0, 0.05) is 17.5 Å². The fourth-order valence-corrected chi connectivity index (χ4v) is 5.19. The van der Waals surface area contributed by atoms with Crippen LogP contribution in [0.3, 0.4) is 0 Å². The Hall–Kier alpha value is -1.94. The van der Waals surface area contributed by atoms with Crippen LogP contribution < -0.4 is 14.8 Å². The van der Waals surface area contributed by atoms with Crippen LogP contribution in [0.5, 0.6) is 11.5 Å². The summed E-state index contributed by atoms with van der Waals surface area (Å²) in [6, 6.07) is 4.64. The number of fused-ring (bicyclic) bond motifs is 2. The Bertz CT molecular complexity index is 751. The van der Waals surface area contributed by atoms with Crippen LogP contribution in [0.15, 0.2) is 35.6 Å². The van der Waals surface area contributed by atoms with E-state index in [0.29, 0.717) is 12.0 Å². The molecule has 0 saturated heterocycles. The zero-order valence-corrected chi connectivity index (χ0v) is 13.0. The van der Waals surface area contributed by atoms with Crippen molar-refractivity contribution >= 4 is 0 Å². The van der Waals surface area contributed by atoms with Gasteiger partial charge in [0.1, 0.15) is 5.76 Å². The van der Waals surface area contributed by atoms with E-state index >= 15 is 0 Å². The largest absolute Gasteiger partial charge is 0.497 e. The number of hydrogen-bond donors (Lipinski definition) is 1. The molecule has 2 bridgehead atoms. The second-order valence-corrected chi connectivity index (χ2v) is 6.50. The highest BCUT2D eigenvalue weighted by atomic mass is 16.6. The third-order valence-corrected chi connectivity index (χ3v) is 5.93. The molecule has 114 valence electrons. The van der Waals surface area contributed by atoms with Crippen molar-refractivity contribution in [2.45, 2.75) is 29.9 Å². The van der Waals surface area contributed by atoms with Gasteiger partial charge >= 0.3 is 0 Å². The molecule has 4 heteroatoms. The van der Waals surface area contributed by atoms with Gasteiger partial charge in [0.25, 0.3) is 0 Å². The molecule has 4 atom stereocenters. The number of hydrogen-bond acceptors (Lipinski definition) is 4. The van der Waals surface area contributed by atoms with Crippen LogP contribution in [-0.2, 0) is 10.2 Å². The zero-order chi connectivity index (χ0) is 15.1. The first kappa shape index (κ1) is 12.6. The highest BCUT2D eigenvalue weighted by Crippen LogP contribution is 2.70. The second kappa shape index (κ2) is 3.87. The number of methoxy groups -OCH3 is 2. The molecule has 4 nitrogen and oxygen atoms in total. The van der Waals surface area contributed by atoms with E-state index in [4.69, 9.17) is 14.2 Å². The van der Waals surface area contributed by atoms with E-state index in [-0.39, 0.29) is 11.5 Å². The third-order valence-electron chi connectivity index (χ3n) is 5.93. The van der Waals surface area contributed by atoms with E-state index in [1.54, 1.807) is 14.2 Å². The fraction of sp³-hybridized carbons (Fsp3) is 0.444. The first-order valence-corrected chi connectivity index (χ1v) is 7.77. The average Bonchev–Trinajstić information content (AvgIpc) is 3.17. The molecule has 0 amide bonds. The van der Waals surface area contributed by atoms with E-state index in [2.05, 4.69) is 23.5 Å². The smallest absolute Gasteiger partial charge is 0.169 e. The summed E-state index contributed by atoms with van der Waals surface area (Å²) in [7, 11) is 5.48. The summed E-state index contributed by atoms with van der Waals surface area (Å²) in [5, 5.41) is 3.51. The van der Waals surface area contributed by atoms with Crippen molar-refractivity contribution in [2.24, 2.45) is 0 Å². The van der Waals surface area contributed by atoms with E-state index in [1.807, 2.05) is 13.1 Å². The SMILES string of the molecule is CNC1C2=CC=C(OC)[C@H]3Oc4c(OC)ccc5c4[C@@]23CC51. The Morgan fingerprint density at radius 1 is 1.23 bits per heavy atom. The summed E-state index contributed by atoms with van der Waals surface area (Å²) in [5.74, 6) is 3.15. The van der Waals surface area contributed by atoms with Gasteiger partial charge in [0.15, 0.2) is 17.6 Å². The summed E-state index contributed by atoms with van der Waals surface area (Å²) < 4.78 is 17.5. The van der Waals surface area contributed by atoms with Crippen LogP contribution >= 0.6 is 0 Å². The highest BCUT2D eigenvalue weighted by Gasteiger charge is 2.67. The first-order valence-electron chi connectivity index (χ1n) is 7.77. The van der Waals surface area contributed by atoms with Gasteiger partial charge in [-0.05, 0) is 36.7 Å². The molecule has 1 spiro atoms. The van der Waals surface area contributed by atoms with E-state index in [0.717, 1.165) is 23.7 Å². The maximum absolute atomic E-state index is 6.37. The molecule has 1 saturated carbocycles. The molecule has 3 aliphatic carbocycles. The molecule has 1 aromatic carbocycles. The number of nitrogens with one attached hydrogen (secondary N) is 1. The third kappa shape index (κ3) is 1.10. The van der Waals surface area contributed by atoms with Crippen molar-refractivity contribution in [1.82, 2.24) is 5.32 Å². The molecule has 4 aliphatic rings. The van der Waals surface area contributed by atoms with Gasteiger partial charge in [0.05, 0.1) is 19.6 Å². The van der Waals surface area contributed by atoms with Crippen LogP contribution in [0, 0.1) is 0 Å². The lowest BCUT2D eigenvalue weighted by molar-refractivity contribution is 0.119. The molecule has 0 aromatic heterocycles. The lowest BCUT2D eigenvalue weighted by Gasteiger charge is -2.37. The number of rotatable bonds is 3. The Labute approximate surface area is 129 Å². The van der Waals surface area contributed by atoms with Gasteiger partial charge in [0.2, 0.25) is 0 Å². The standard InChI is InChI=1S/C18H19NO3/c1-19-15-10-8-18-11(15)5-7-13(21-3)17(18)22-16-12(20-2)6-4-9(10)14(16)18/h4-7,10,15,17,19H,8H2,1-3H3/t10?,15?,17-,18-/m1/s1. The molecule has 2 unspecified atom stereocenters. The molecule has 22 heavy (non-hydrogen) atoms. The minimum Gasteiger partial charge on any atom is -0.497 e. The Morgan fingerprint density at radius 3 is 2.82 bits per heavy atom. The molecule has 1 aromatic rings. The molecule has 1 N–H and O–H groups in total. The van der Waals surface area contributed by atoms with Gasteiger partial charge in [-0.15, -0.1) is 0 Å². The van der Waals surface area contributed by atoms with Crippen molar-refractivity contribution in [3.63, 3.8) is 0 Å². The van der Waals surface area contributed by atoms with E-state index < -0.39 is 0 Å². The second-order valence-electron chi connectivity index (χ2n) is 6.50. The Kier molecular flexibility index (Phi) is 2.22. The van der Waals surface area contributed by atoms with Crippen molar-refractivity contribution < 1.29 is 14.2 Å². The predicted octanol–water partition coefficient (Wildman–Crippen LogP) is 2.25. The van der Waals surface area contributed by atoms with Gasteiger partial charge in [-0.3, -0.25) is 0 Å². The Morgan fingerprint density at radius 2 is 2.09 bits per heavy atom. The fourth-order valence-electron chi connectivity index (χ4n) is 5.19. The molecular formula is C18H19NO3. The monoisotopic (exact) mass is 297 g/mol. The van der Waals surface area contributed by atoms with Gasteiger partial charge in [-0.25, -0.2) is 0 Å². The number of likely N-dealkylation sites (N-methyl/N-ethyl adjacent to an activating group) is 1. The summed E-state index contributed by atoms with van der Waals surface area (Å²) >= 11 is 0. The van der Waals surface area contributed by atoms with Crippen molar-refractivity contribution in [3.8, 4) is 11.5 Å². The lowest BCUT2D eigenvalue weighted by atomic mass is 9.69. The van der Waals surface area contributed by atoms with Gasteiger partial charge in [-0.2, -0.15) is 0 Å². The molecule has 0 radical (unpaired) electrons. The summed E-state index contributed by atoms with van der Waals surface area (Å²) in [5.41, 5.74) is 4.11. The minimum atomic E-state index is -0.0718. The van der Waals surface area contributed by atoms with Crippen molar-refractivity contribution in [3.05, 3.63) is 46.7 Å². The average molecular weight is 297 g/mol. The summed E-state index contributed by atoms with van der Waals surface area (Å²) in [4.78, 5) is 0. The summed E-state index contributed by atoms with van der Waals surface area (Å²) in [6.07, 6.45) is 5.32. The van der Waals surface area contributed by atoms with Gasteiger partial charge in [-0.1, -0.05) is 12.1 Å². The van der Waals surface area contributed by atoms with Crippen LogP contribution in [0.2, 0.25) is 0 Å². The number of benzene rings is 1. The molecule has 1 heterocycles. The minimum absolute atomic E-state index is 0.0640. The normalized spacial score (nSPS) is 35.7. The summed E-state index contributed by atoms with van der Waals surface area (Å²) in [6.45, 7) is 0. The van der Waals surface area contributed by atoms with Crippen LogP contribution in [0.1, 0.15) is 23.5 Å². The molecule has 1 fully saturated rings. The predicted molar refractivity (Wildman–Crippen MR) is 82.5 cm³/mol. The maximum Gasteiger partial charge on any atom is 0.169 e. The lowest BCUT2D eigenvalue weighted by Crippen LogP contribution is -2.44. The maximum atomic E-state index is 6.37. The first-order chi connectivity index (χ1) is 10.8. The topological polar surface area (TPSA) is 39.7 Å². The van der Waals surface area contributed by atoms with Crippen LogP contribution in [0.25, 0.3) is 0 Å². The van der Waals surface area contributed by atoms with Crippen molar-refractivity contribution in [2.75, 3.05) is 21.3 Å². The quantitative estimate of drug-likeness (QED) is 0.929. The Balaban J connectivity index is 1.83. The van der Waals surface area contributed by atoms with Gasteiger partial charge < -0.3 is 19.5 Å². The highest BCUT2D eigenvalue weighted by molar-refractivity contribution is 5.72.